The summed E-state index contributed by atoms with van der Waals surface area (Å²) in [6.07, 6.45) is 2.05. The molecule has 4 nitrogen and oxygen atoms in total. The topological polar surface area (TPSA) is 35.9 Å². The molecule has 18 heavy (non-hydrogen) atoms. The molecular weight excluding hydrogens is 228 g/mol. The molecule has 1 aliphatic rings. The predicted molar refractivity (Wildman–Crippen MR) is 72.8 cm³/mol. The second kappa shape index (κ2) is 6.07. The number of benzene rings is 1. The van der Waals surface area contributed by atoms with E-state index in [4.69, 9.17) is 9.84 Å². The number of methoxy groups -OCH3 is 1. The molecule has 4 heteroatoms. The van der Waals surface area contributed by atoms with Crippen molar-refractivity contribution in [1.29, 1.82) is 0 Å². The summed E-state index contributed by atoms with van der Waals surface area (Å²) in [4.78, 5) is 0. The van der Waals surface area contributed by atoms with Gasteiger partial charge in [0.15, 0.2) is 0 Å². The second-order valence-corrected chi connectivity index (χ2v) is 4.78. The zero-order valence-corrected chi connectivity index (χ0v) is 11.2. The highest BCUT2D eigenvalue weighted by atomic mass is 16.5. The average molecular weight is 250 g/mol. The first-order valence-corrected chi connectivity index (χ1v) is 6.48. The zero-order chi connectivity index (χ0) is 13.0. The predicted octanol–water partition coefficient (Wildman–Crippen LogP) is 1.75. The number of aliphatic hydroxyl groups is 1. The number of para-hydroxylation sites is 2. The maximum absolute atomic E-state index is 9.00. The first-order chi connectivity index (χ1) is 8.76. The van der Waals surface area contributed by atoms with E-state index in [0.29, 0.717) is 5.92 Å². The fraction of sp³-hybridized carbons (Fsp3) is 0.571. The van der Waals surface area contributed by atoms with Crippen LogP contribution >= 0.6 is 0 Å². The van der Waals surface area contributed by atoms with Crippen molar-refractivity contribution in [3.63, 3.8) is 0 Å². The quantitative estimate of drug-likeness (QED) is 0.863. The smallest absolute Gasteiger partial charge is 0.143 e. The van der Waals surface area contributed by atoms with Gasteiger partial charge >= 0.3 is 0 Å². The summed E-state index contributed by atoms with van der Waals surface area (Å²) in [6, 6.07) is 8.05. The van der Waals surface area contributed by atoms with Crippen molar-refractivity contribution in [3.05, 3.63) is 24.3 Å². The molecule has 2 rings (SSSR count). The molecule has 0 spiro atoms. The molecule has 1 saturated heterocycles. The second-order valence-electron chi connectivity index (χ2n) is 4.78. The Kier molecular flexibility index (Phi) is 4.44. The van der Waals surface area contributed by atoms with Crippen molar-refractivity contribution < 1.29 is 9.84 Å². The summed E-state index contributed by atoms with van der Waals surface area (Å²) in [6.45, 7) is 2.34. The molecule has 1 aromatic carbocycles. The fourth-order valence-electron chi connectivity index (χ4n) is 2.55. The van der Waals surface area contributed by atoms with Crippen LogP contribution in [0.25, 0.3) is 0 Å². The Hall–Kier alpha value is -1.26. The number of ether oxygens (including phenoxy) is 1. The molecule has 0 aromatic heterocycles. The van der Waals surface area contributed by atoms with Crippen LogP contribution in [-0.4, -0.2) is 44.0 Å². The van der Waals surface area contributed by atoms with E-state index < -0.39 is 0 Å². The van der Waals surface area contributed by atoms with E-state index in [0.717, 1.165) is 37.4 Å². The molecule has 1 fully saturated rings. The Balaban J connectivity index is 2.05. The highest BCUT2D eigenvalue weighted by molar-refractivity contribution is 5.57. The molecule has 1 atom stereocenters. The lowest BCUT2D eigenvalue weighted by molar-refractivity contribution is 0.248. The molecule has 100 valence electrons. The number of rotatable bonds is 5. The number of hydrogen-bond donors (Lipinski definition) is 1. The van der Waals surface area contributed by atoms with E-state index in [-0.39, 0.29) is 6.61 Å². The van der Waals surface area contributed by atoms with Gasteiger partial charge in [0.2, 0.25) is 0 Å². The summed E-state index contributed by atoms with van der Waals surface area (Å²) >= 11 is 0. The maximum Gasteiger partial charge on any atom is 0.143 e. The monoisotopic (exact) mass is 250 g/mol. The first-order valence-electron chi connectivity index (χ1n) is 6.48. The molecule has 1 N–H and O–H groups in total. The summed E-state index contributed by atoms with van der Waals surface area (Å²) in [7, 11) is 3.77. The van der Waals surface area contributed by atoms with Crippen molar-refractivity contribution in [1.82, 2.24) is 5.01 Å². The largest absolute Gasteiger partial charge is 0.495 e. The molecule has 1 aliphatic heterocycles. The normalized spacial score (nSPS) is 20.1. The van der Waals surface area contributed by atoms with Gasteiger partial charge in [-0.1, -0.05) is 12.1 Å². The number of hydrogen-bond acceptors (Lipinski definition) is 4. The SMILES string of the molecule is COc1ccccc1N(C)N1CCC(CCO)C1. The summed E-state index contributed by atoms with van der Waals surface area (Å²) < 4.78 is 5.39. The first kappa shape index (κ1) is 13.2. The molecule has 0 saturated carbocycles. The molecule has 0 radical (unpaired) electrons. The Labute approximate surface area is 109 Å². The lowest BCUT2D eigenvalue weighted by Gasteiger charge is -2.31. The van der Waals surface area contributed by atoms with Crippen LogP contribution < -0.4 is 9.75 Å². The number of aliphatic hydroxyl groups excluding tert-OH is 1. The highest BCUT2D eigenvalue weighted by Gasteiger charge is 2.25. The highest BCUT2D eigenvalue weighted by Crippen LogP contribution is 2.30. The molecule has 0 aliphatic carbocycles. The molecule has 1 aromatic rings. The fourth-order valence-corrected chi connectivity index (χ4v) is 2.55. The lowest BCUT2D eigenvalue weighted by Crippen LogP contribution is -2.38. The van der Waals surface area contributed by atoms with E-state index >= 15 is 0 Å². The van der Waals surface area contributed by atoms with Gasteiger partial charge in [0.05, 0.1) is 12.8 Å². The van der Waals surface area contributed by atoms with Crippen LogP contribution in [0.2, 0.25) is 0 Å². The summed E-state index contributed by atoms with van der Waals surface area (Å²) in [5.74, 6) is 1.50. The maximum atomic E-state index is 9.00. The third-order valence-corrected chi connectivity index (χ3v) is 3.66. The van der Waals surface area contributed by atoms with Gasteiger partial charge in [0.1, 0.15) is 5.75 Å². The summed E-state index contributed by atoms with van der Waals surface area (Å²) in [5, 5.41) is 13.5. The van der Waals surface area contributed by atoms with Crippen LogP contribution in [-0.2, 0) is 0 Å². The average Bonchev–Trinajstić information content (AvgIpc) is 2.87. The Bertz CT molecular complexity index is 384. The number of anilines is 1. The van der Waals surface area contributed by atoms with Crippen LogP contribution in [0, 0.1) is 5.92 Å². The van der Waals surface area contributed by atoms with Gasteiger partial charge in [-0.25, -0.2) is 5.01 Å². The van der Waals surface area contributed by atoms with Crippen LogP contribution in [0.4, 0.5) is 5.69 Å². The van der Waals surface area contributed by atoms with E-state index in [1.54, 1.807) is 7.11 Å². The molecule has 1 unspecified atom stereocenters. The molecule has 1 heterocycles. The van der Waals surface area contributed by atoms with Crippen molar-refractivity contribution >= 4 is 5.69 Å². The van der Waals surface area contributed by atoms with E-state index in [2.05, 4.69) is 23.1 Å². The van der Waals surface area contributed by atoms with Gasteiger partial charge < -0.3 is 14.9 Å². The third-order valence-electron chi connectivity index (χ3n) is 3.66. The van der Waals surface area contributed by atoms with E-state index in [1.807, 2.05) is 18.2 Å². The van der Waals surface area contributed by atoms with Crippen molar-refractivity contribution in [3.8, 4) is 5.75 Å². The van der Waals surface area contributed by atoms with Gasteiger partial charge in [-0.2, -0.15) is 0 Å². The summed E-state index contributed by atoms with van der Waals surface area (Å²) in [5.41, 5.74) is 1.09. The van der Waals surface area contributed by atoms with Crippen LogP contribution in [0.15, 0.2) is 24.3 Å². The molecular formula is C14H22N2O2. The Morgan fingerprint density at radius 2 is 2.22 bits per heavy atom. The number of nitrogens with zero attached hydrogens (tertiary/aromatic N) is 2. The standard InChI is InChI=1S/C14H22N2O2/c1-15(13-5-3-4-6-14(13)18-2)16-9-7-12(11-16)8-10-17/h3-6,12,17H,7-11H2,1-2H3. The Morgan fingerprint density at radius 3 is 2.94 bits per heavy atom. The van der Waals surface area contributed by atoms with Crippen molar-refractivity contribution in [2.45, 2.75) is 12.8 Å². The lowest BCUT2D eigenvalue weighted by atomic mass is 10.1. The minimum absolute atomic E-state index is 0.289. The minimum atomic E-state index is 0.289. The molecule has 0 amide bonds. The van der Waals surface area contributed by atoms with Gasteiger partial charge in [-0.3, -0.25) is 0 Å². The molecule has 0 bridgehead atoms. The van der Waals surface area contributed by atoms with Gasteiger partial charge in [0, 0.05) is 26.7 Å². The minimum Gasteiger partial charge on any atom is -0.495 e. The van der Waals surface area contributed by atoms with Gasteiger partial charge in [-0.05, 0) is 30.9 Å². The van der Waals surface area contributed by atoms with E-state index in [1.165, 1.54) is 0 Å². The van der Waals surface area contributed by atoms with E-state index in [9.17, 15) is 0 Å². The van der Waals surface area contributed by atoms with Crippen molar-refractivity contribution in [2.75, 3.05) is 38.9 Å². The Morgan fingerprint density at radius 1 is 1.44 bits per heavy atom. The van der Waals surface area contributed by atoms with Crippen LogP contribution in [0.5, 0.6) is 5.75 Å². The third kappa shape index (κ3) is 2.76. The van der Waals surface area contributed by atoms with Crippen LogP contribution in [0.3, 0.4) is 0 Å². The van der Waals surface area contributed by atoms with Crippen molar-refractivity contribution in [2.24, 2.45) is 5.92 Å². The van der Waals surface area contributed by atoms with Crippen LogP contribution in [0.1, 0.15) is 12.8 Å². The van der Waals surface area contributed by atoms with Gasteiger partial charge in [-0.15, -0.1) is 0 Å². The zero-order valence-electron chi connectivity index (χ0n) is 11.2. The van der Waals surface area contributed by atoms with Gasteiger partial charge in [0.25, 0.3) is 0 Å². The number of hydrazine groups is 1.